The number of amides is 1. The smallest absolute Gasteiger partial charge is 0.410 e. The Hall–Kier alpha value is -3.60. The molecule has 218 valence electrons. The van der Waals surface area contributed by atoms with Gasteiger partial charge in [-0.3, -0.25) is 0 Å². The fraction of sp³-hybridized carbons (Fsp3) is 0.467. The van der Waals surface area contributed by atoms with Gasteiger partial charge in [0.05, 0.1) is 29.3 Å². The van der Waals surface area contributed by atoms with Crippen molar-refractivity contribution >= 4 is 28.0 Å². The fourth-order valence-corrected chi connectivity index (χ4v) is 6.07. The van der Waals surface area contributed by atoms with Gasteiger partial charge in [0.1, 0.15) is 29.6 Å². The Morgan fingerprint density at radius 3 is 2.56 bits per heavy atom. The van der Waals surface area contributed by atoms with Gasteiger partial charge in [-0.15, -0.1) is 0 Å². The molecule has 0 aliphatic carbocycles. The van der Waals surface area contributed by atoms with E-state index in [1.165, 1.54) is 29.2 Å². The van der Waals surface area contributed by atoms with Crippen LogP contribution in [0.2, 0.25) is 0 Å². The minimum absolute atomic E-state index is 0.0924. The van der Waals surface area contributed by atoms with E-state index in [0.717, 1.165) is 10.9 Å². The van der Waals surface area contributed by atoms with Crippen LogP contribution in [-0.2, 0) is 17.7 Å². The number of H-pyrrole nitrogens is 1. The number of carbonyl (C=O) groups excluding carboxylic acids is 1. The molecule has 4 heterocycles. The van der Waals surface area contributed by atoms with Crippen molar-refractivity contribution < 1.29 is 27.1 Å². The summed E-state index contributed by atoms with van der Waals surface area (Å²) in [6.07, 6.45) is -1.87. The summed E-state index contributed by atoms with van der Waals surface area (Å²) in [5.74, 6) is -0.432. The largest absolute Gasteiger partial charge is 0.444 e. The molecule has 0 radical (unpaired) electrons. The van der Waals surface area contributed by atoms with E-state index < -0.39 is 41.7 Å². The maximum Gasteiger partial charge on any atom is 0.410 e. The number of fused-ring (bicyclic) bond motifs is 2. The number of hydrogen-bond acceptors (Lipinski definition) is 4. The van der Waals surface area contributed by atoms with Gasteiger partial charge in [-0.25, -0.2) is 27.3 Å². The Morgan fingerprint density at radius 1 is 1.07 bits per heavy atom. The van der Waals surface area contributed by atoms with Crippen molar-refractivity contribution in [3.63, 3.8) is 0 Å². The Labute approximate surface area is 234 Å². The van der Waals surface area contributed by atoms with Crippen LogP contribution in [0.5, 0.6) is 0 Å². The molecular formula is C30H33F4N5O2. The molecule has 0 saturated carbocycles. The molecule has 7 nitrogen and oxygen atoms in total. The number of benzene rings is 2. The van der Waals surface area contributed by atoms with Crippen LogP contribution in [0.4, 0.5) is 22.4 Å². The van der Waals surface area contributed by atoms with Gasteiger partial charge in [0.25, 0.3) is 0 Å². The molecule has 2 aromatic heterocycles. The Morgan fingerprint density at radius 2 is 1.83 bits per heavy atom. The number of nitrogens with zero attached hydrogens (tertiary/aromatic N) is 3. The highest BCUT2D eigenvalue weighted by Crippen LogP contribution is 2.36. The highest BCUT2D eigenvalue weighted by atomic mass is 19.1. The number of alkyl halides is 2. The summed E-state index contributed by atoms with van der Waals surface area (Å²) >= 11 is 0. The Bertz CT molecular complexity index is 1610. The Balaban J connectivity index is 1.46. The van der Waals surface area contributed by atoms with Crippen LogP contribution in [0.1, 0.15) is 39.2 Å². The molecule has 0 bridgehead atoms. The number of likely N-dealkylation sites (tertiary alicyclic amines) is 1. The van der Waals surface area contributed by atoms with Crippen molar-refractivity contribution in [1.29, 1.82) is 0 Å². The first-order chi connectivity index (χ1) is 19.4. The second kappa shape index (κ2) is 10.3. The van der Waals surface area contributed by atoms with Gasteiger partial charge >= 0.3 is 6.09 Å². The average molecular weight is 572 g/mol. The third kappa shape index (κ3) is 5.51. The monoisotopic (exact) mass is 571 g/mol. The fourth-order valence-electron chi connectivity index (χ4n) is 6.07. The number of carbonyl (C=O) groups is 1. The first-order valence-corrected chi connectivity index (χ1v) is 13.9. The van der Waals surface area contributed by atoms with Gasteiger partial charge in [0, 0.05) is 42.5 Å². The first-order valence-electron chi connectivity index (χ1n) is 13.9. The normalized spacial score (nSPS) is 23.2. The number of halogens is 4. The average Bonchev–Trinajstić information content (AvgIpc) is 3.63. The van der Waals surface area contributed by atoms with E-state index in [0.29, 0.717) is 40.9 Å². The van der Waals surface area contributed by atoms with Gasteiger partial charge < -0.3 is 24.5 Å². The van der Waals surface area contributed by atoms with Gasteiger partial charge in [0.2, 0.25) is 0 Å². The summed E-state index contributed by atoms with van der Waals surface area (Å²) in [7, 11) is 0. The highest BCUT2D eigenvalue weighted by Gasteiger charge is 2.39. The van der Waals surface area contributed by atoms with E-state index in [1.54, 1.807) is 32.9 Å². The number of imidazole rings is 1. The lowest BCUT2D eigenvalue weighted by Gasteiger charge is -2.29. The number of aromatic nitrogens is 3. The standard InChI is InChI=1S/C30H33F4N5O2/c1-30(2,3)41-29(40)38-14-19(34)9-21(38)15-39-26-7-5-17(32)11-25(26)37-28(39)27-23(12-20-8-18(33)13-35-20)22-6-4-16(31)10-24(22)36-27/h4-7,10-11,18-21,35-36H,8-9,12-15H2,1-3H3/t18-,19-,20-,21-/m0/s1. The number of ether oxygens (including phenoxy) is 1. The zero-order chi connectivity index (χ0) is 29.1. The van der Waals surface area contributed by atoms with Gasteiger partial charge in [-0.2, -0.15) is 0 Å². The zero-order valence-corrected chi connectivity index (χ0v) is 23.2. The van der Waals surface area contributed by atoms with Gasteiger partial charge in [0.15, 0.2) is 5.82 Å². The van der Waals surface area contributed by atoms with Crippen LogP contribution in [-0.4, -0.2) is 68.6 Å². The first kappa shape index (κ1) is 27.6. The van der Waals surface area contributed by atoms with Crippen molar-refractivity contribution in [3.8, 4) is 11.5 Å². The van der Waals surface area contributed by atoms with Crippen molar-refractivity contribution in [2.75, 3.05) is 13.1 Å². The molecule has 4 atom stereocenters. The van der Waals surface area contributed by atoms with Crippen LogP contribution in [0.25, 0.3) is 33.5 Å². The lowest BCUT2D eigenvalue weighted by atomic mass is 10.0. The summed E-state index contributed by atoms with van der Waals surface area (Å²) in [5.41, 5.74) is 2.20. The molecule has 4 aromatic rings. The molecule has 11 heteroatoms. The molecule has 2 saturated heterocycles. The van der Waals surface area contributed by atoms with Crippen LogP contribution in [0, 0.1) is 11.6 Å². The van der Waals surface area contributed by atoms with Crippen LogP contribution >= 0.6 is 0 Å². The van der Waals surface area contributed by atoms with E-state index >= 15 is 0 Å². The van der Waals surface area contributed by atoms with E-state index in [1.807, 2.05) is 4.57 Å². The van der Waals surface area contributed by atoms with Gasteiger partial charge in [-0.05, 0) is 69.5 Å². The van der Waals surface area contributed by atoms with Gasteiger partial charge in [-0.1, -0.05) is 0 Å². The number of rotatable bonds is 5. The molecule has 2 N–H and O–H groups in total. The second-order valence-electron chi connectivity index (χ2n) is 12.1. The third-order valence-electron chi connectivity index (χ3n) is 7.81. The van der Waals surface area contributed by atoms with E-state index in [-0.39, 0.29) is 32.1 Å². The second-order valence-corrected chi connectivity index (χ2v) is 12.1. The molecule has 6 rings (SSSR count). The summed E-state index contributed by atoms with van der Waals surface area (Å²) < 4.78 is 64.7. The minimum atomic E-state index is -1.23. The SMILES string of the molecule is CC(C)(C)OC(=O)N1C[C@@H](F)C[C@H]1Cn1c(-c2[nH]c3cc(F)ccc3c2C[C@@H]2C[C@H](F)CN2)nc2cc(F)ccc21. The molecule has 2 fully saturated rings. The van der Waals surface area contributed by atoms with Crippen LogP contribution in [0.3, 0.4) is 0 Å². The predicted octanol–water partition coefficient (Wildman–Crippen LogP) is 6.05. The Kier molecular flexibility index (Phi) is 6.96. The summed E-state index contributed by atoms with van der Waals surface area (Å²) in [6.45, 7) is 5.61. The minimum Gasteiger partial charge on any atom is -0.444 e. The maximum absolute atomic E-state index is 14.7. The highest BCUT2D eigenvalue weighted by molar-refractivity contribution is 5.91. The van der Waals surface area contributed by atoms with Crippen molar-refractivity contribution in [2.45, 2.75) is 76.6 Å². The summed E-state index contributed by atoms with van der Waals surface area (Å²) in [6, 6.07) is 8.03. The third-order valence-corrected chi connectivity index (χ3v) is 7.81. The van der Waals surface area contributed by atoms with E-state index in [2.05, 4.69) is 10.3 Å². The number of nitrogens with one attached hydrogen (secondary N) is 2. The molecule has 41 heavy (non-hydrogen) atoms. The summed E-state index contributed by atoms with van der Waals surface area (Å²) in [4.78, 5) is 22.5. The molecule has 2 aliphatic heterocycles. The lowest BCUT2D eigenvalue weighted by Crippen LogP contribution is -2.41. The van der Waals surface area contributed by atoms with Crippen LogP contribution in [0.15, 0.2) is 36.4 Å². The molecule has 1 amide bonds. The predicted molar refractivity (Wildman–Crippen MR) is 148 cm³/mol. The molecule has 2 aliphatic rings. The maximum atomic E-state index is 14.7. The number of hydrogen-bond donors (Lipinski definition) is 2. The van der Waals surface area contributed by atoms with Crippen molar-refractivity contribution in [3.05, 3.63) is 53.6 Å². The summed E-state index contributed by atoms with van der Waals surface area (Å²) in [5, 5.41) is 3.98. The van der Waals surface area contributed by atoms with E-state index in [4.69, 9.17) is 9.72 Å². The van der Waals surface area contributed by atoms with Crippen LogP contribution < -0.4 is 5.32 Å². The zero-order valence-electron chi connectivity index (χ0n) is 23.2. The molecule has 0 unspecified atom stereocenters. The quantitative estimate of drug-likeness (QED) is 0.286. The van der Waals surface area contributed by atoms with Crippen molar-refractivity contribution in [1.82, 2.24) is 24.8 Å². The molecule has 2 aromatic carbocycles. The molecular weight excluding hydrogens is 538 g/mol. The van der Waals surface area contributed by atoms with Crippen molar-refractivity contribution in [2.24, 2.45) is 0 Å². The lowest BCUT2D eigenvalue weighted by molar-refractivity contribution is 0.0207. The van der Waals surface area contributed by atoms with E-state index in [9.17, 15) is 22.4 Å². The topological polar surface area (TPSA) is 75.2 Å². The number of aromatic amines is 1. The molecule has 0 spiro atoms.